The zero-order valence-electron chi connectivity index (χ0n) is 14.8. The van der Waals surface area contributed by atoms with Crippen LogP contribution in [0.4, 0.5) is 23.1 Å². The molecule has 0 radical (unpaired) electrons. The maximum absolute atomic E-state index is 5.97. The van der Waals surface area contributed by atoms with Crippen LogP contribution in [0.5, 0.6) is 5.75 Å². The third-order valence-corrected chi connectivity index (χ3v) is 4.28. The van der Waals surface area contributed by atoms with Crippen LogP contribution >= 0.6 is 11.6 Å². The number of halogens is 1. The first-order valence-corrected chi connectivity index (χ1v) is 8.63. The van der Waals surface area contributed by atoms with E-state index in [9.17, 15) is 0 Å². The summed E-state index contributed by atoms with van der Waals surface area (Å²) in [7, 11) is 3.47. The number of benzene rings is 2. The van der Waals surface area contributed by atoms with Crippen molar-refractivity contribution in [2.75, 3.05) is 17.7 Å². The van der Waals surface area contributed by atoms with E-state index in [1.807, 2.05) is 55.6 Å². The summed E-state index contributed by atoms with van der Waals surface area (Å²) < 4.78 is 6.97. The lowest BCUT2D eigenvalue weighted by Crippen LogP contribution is -2.03. The Balaban J connectivity index is 1.72. The third-order valence-electron chi connectivity index (χ3n) is 4.02. The summed E-state index contributed by atoms with van der Waals surface area (Å²) in [6.45, 7) is 0. The Bertz CT molecular complexity index is 1090. The fourth-order valence-electron chi connectivity index (χ4n) is 2.67. The van der Waals surface area contributed by atoms with Crippen molar-refractivity contribution in [3.63, 3.8) is 0 Å². The molecule has 0 atom stereocenters. The number of ether oxygens (including phenoxy) is 1. The number of rotatable bonds is 5. The molecular weight excluding hydrogens is 364 g/mol. The van der Waals surface area contributed by atoms with Gasteiger partial charge in [-0.15, -0.1) is 0 Å². The van der Waals surface area contributed by atoms with Gasteiger partial charge >= 0.3 is 0 Å². The van der Waals surface area contributed by atoms with Gasteiger partial charge in [-0.3, -0.25) is 4.68 Å². The van der Waals surface area contributed by atoms with Crippen molar-refractivity contribution in [1.29, 1.82) is 0 Å². The Hall–Kier alpha value is -3.32. The SMILES string of the molecule is COc1cccc(Nc2nc(Nc3ccc(Cl)cc3)c3cnn(C)c3n2)c1. The number of aryl methyl sites for hydroxylation is 1. The zero-order chi connectivity index (χ0) is 18.8. The third kappa shape index (κ3) is 3.63. The Kier molecular flexibility index (Phi) is 4.52. The molecular formula is C19H17ClN6O. The number of methoxy groups -OCH3 is 1. The maximum atomic E-state index is 5.97. The number of aromatic nitrogens is 4. The summed E-state index contributed by atoms with van der Waals surface area (Å²) in [5, 5.41) is 12.3. The minimum absolute atomic E-state index is 0.454. The molecule has 27 heavy (non-hydrogen) atoms. The molecule has 2 aromatic carbocycles. The Morgan fingerprint density at radius 1 is 1.00 bits per heavy atom. The predicted molar refractivity (Wildman–Crippen MR) is 107 cm³/mol. The van der Waals surface area contributed by atoms with E-state index >= 15 is 0 Å². The molecule has 2 heterocycles. The smallest absolute Gasteiger partial charge is 0.231 e. The molecule has 2 aromatic heterocycles. The molecule has 0 bridgehead atoms. The van der Waals surface area contributed by atoms with Crippen molar-refractivity contribution in [1.82, 2.24) is 19.7 Å². The van der Waals surface area contributed by atoms with Gasteiger partial charge in [-0.25, -0.2) is 0 Å². The number of anilines is 4. The largest absolute Gasteiger partial charge is 0.497 e. The Morgan fingerprint density at radius 2 is 1.81 bits per heavy atom. The molecule has 0 saturated carbocycles. The van der Waals surface area contributed by atoms with E-state index in [0.29, 0.717) is 22.4 Å². The normalized spacial score (nSPS) is 10.8. The maximum Gasteiger partial charge on any atom is 0.231 e. The molecule has 8 heteroatoms. The quantitative estimate of drug-likeness (QED) is 0.530. The van der Waals surface area contributed by atoms with E-state index in [-0.39, 0.29) is 0 Å². The van der Waals surface area contributed by atoms with E-state index in [1.54, 1.807) is 18.0 Å². The number of nitrogens with zero attached hydrogens (tertiary/aromatic N) is 4. The van der Waals surface area contributed by atoms with Gasteiger partial charge in [-0.1, -0.05) is 17.7 Å². The van der Waals surface area contributed by atoms with Crippen molar-refractivity contribution in [3.8, 4) is 5.75 Å². The molecule has 0 aliphatic carbocycles. The van der Waals surface area contributed by atoms with Gasteiger partial charge in [0.2, 0.25) is 5.95 Å². The van der Waals surface area contributed by atoms with Crippen LogP contribution in [0.2, 0.25) is 5.02 Å². The van der Waals surface area contributed by atoms with Gasteiger partial charge in [-0.2, -0.15) is 15.1 Å². The van der Waals surface area contributed by atoms with Gasteiger partial charge < -0.3 is 15.4 Å². The first-order chi connectivity index (χ1) is 13.1. The predicted octanol–water partition coefficient (Wildman–Crippen LogP) is 4.51. The second-order valence-electron chi connectivity index (χ2n) is 5.89. The van der Waals surface area contributed by atoms with Crippen molar-refractivity contribution >= 4 is 45.8 Å². The van der Waals surface area contributed by atoms with Crippen LogP contribution in [0, 0.1) is 0 Å². The molecule has 0 unspecified atom stereocenters. The summed E-state index contributed by atoms with van der Waals surface area (Å²) in [6.07, 6.45) is 1.74. The minimum Gasteiger partial charge on any atom is -0.497 e. The van der Waals surface area contributed by atoms with Crippen LogP contribution in [0.3, 0.4) is 0 Å². The number of nitrogens with one attached hydrogen (secondary N) is 2. The molecule has 0 amide bonds. The highest BCUT2D eigenvalue weighted by atomic mass is 35.5. The lowest BCUT2D eigenvalue weighted by atomic mass is 10.3. The highest BCUT2D eigenvalue weighted by Crippen LogP contribution is 2.27. The second kappa shape index (κ2) is 7.13. The first kappa shape index (κ1) is 17.1. The highest BCUT2D eigenvalue weighted by molar-refractivity contribution is 6.30. The van der Waals surface area contributed by atoms with Crippen molar-refractivity contribution < 1.29 is 4.74 Å². The number of hydrogen-bond acceptors (Lipinski definition) is 6. The minimum atomic E-state index is 0.454. The first-order valence-electron chi connectivity index (χ1n) is 8.26. The lowest BCUT2D eigenvalue weighted by molar-refractivity contribution is 0.415. The highest BCUT2D eigenvalue weighted by Gasteiger charge is 2.12. The van der Waals surface area contributed by atoms with Crippen LogP contribution in [-0.4, -0.2) is 26.9 Å². The summed E-state index contributed by atoms with van der Waals surface area (Å²) in [4.78, 5) is 9.20. The van der Waals surface area contributed by atoms with E-state index in [2.05, 4.69) is 25.7 Å². The van der Waals surface area contributed by atoms with E-state index < -0.39 is 0 Å². The summed E-state index contributed by atoms with van der Waals surface area (Å²) in [5.41, 5.74) is 2.41. The van der Waals surface area contributed by atoms with E-state index in [1.165, 1.54) is 0 Å². The molecule has 0 saturated heterocycles. The monoisotopic (exact) mass is 380 g/mol. The van der Waals surface area contributed by atoms with Gasteiger partial charge in [0, 0.05) is 29.5 Å². The average molecular weight is 381 g/mol. The lowest BCUT2D eigenvalue weighted by Gasteiger charge is -2.11. The van der Waals surface area contributed by atoms with Gasteiger partial charge in [-0.05, 0) is 36.4 Å². The standard InChI is InChI=1S/C19H17ClN6O/c1-26-18-16(11-21-26)17(22-13-8-6-12(20)7-9-13)24-19(25-18)23-14-4-3-5-15(10-14)27-2/h3-11H,1-2H3,(H2,22,23,24,25). The van der Waals surface area contributed by atoms with Crippen LogP contribution in [-0.2, 0) is 7.05 Å². The molecule has 136 valence electrons. The molecule has 2 N–H and O–H groups in total. The van der Waals surface area contributed by atoms with Gasteiger partial charge in [0.05, 0.1) is 18.7 Å². The molecule has 7 nitrogen and oxygen atoms in total. The second-order valence-corrected chi connectivity index (χ2v) is 6.33. The Morgan fingerprint density at radius 3 is 2.59 bits per heavy atom. The molecule has 4 aromatic rings. The van der Waals surface area contributed by atoms with Crippen LogP contribution in [0.15, 0.2) is 54.7 Å². The number of fused-ring (bicyclic) bond motifs is 1. The van der Waals surface area contributed by atoms with Crippen molar-refractivity contribution in [2.45, 2.75) is 0 Å². The fraction of sp³-hybridized carbons (Fsp3) is 0.105. The van der Waals surface area contributed by atoms with Crippen molar-refractivity contribution in [2.24, 2.45) is 7.05 Å². The van der Waals surface area contributed by atoms with E-state index in [4.69, 9.17) is 16.3 Å². The van der Waals surface area contributed by atoms with Crippen LogP contribution in [0.25, 0.3) is 11.0 Å². The van der Waals surface area contributed by atoms with Crippen LogP contribution < -0.4 is 15.4 Å². The van der Waals surface area contributed by atoms with Gasteiger partial charge in [0.15, 0.2) is 5.65 Å². The molecule has 0 aliphatic heterocycles. The topological polar surface area (TPSA) is 76.9 Å². The summed E-state index contributed by atoms with van der Waals surface area (Å²) in [6, 6.07) is 15.0. The fourth-order valence-corrected chi connectivity index (χ4v) is 2.80. The summed E-state index contributed by atoms with van der Waals surface area (Å²) in [5.74, 6) is 1.86. The Labute approximate surface area is 161 Å². The molecule has 4 rings (SSSR count). The molecule has 0 fully saturated rings. The number of hydrogen-bond donors (Lipinski definition) is 2. The molecule has 0 spiro atoms. The zero-order valence-corrected chi connectivity index (χ0v) is 15.5. The van der Waals surface area contributed by atoms with Crippen LogP contribution in [0.1, 0.15) is 0 Å². The average Bonchev–Trinajstić information content (AvgIpc) is 3.05. The van der Waals surface area contributed by atoms with Gasteiger partial charge in [0.1, 0.15) is 11.6 Å². The van der Waals surface area contributed by atoms with E-state index in [0.717, 1.165) is 22.5 Å². The molecule has 0 aliphatic rings. The van der Waals surface area contributed by atoms with Gasteiger partial charge in [0.25, 0.3) is 0 Å². The van der Waals surface area contributed by atoms with Crippen molar-refractivity contribution in [3.05, 3.63) is 59.8 Å². The summed E-state index contributed by atoms with van der Waals surface area (Å²) >= 11 is 5.97.